The zero-order chi connectivity index (χ0) is 23.2. The van der Waals surface area contributed by atoms with Gasteiger partial charge in [-0.05, 0) is 44.3 Å². The highest BCUT2D eigenvalue weighted by molar-refractivity contribution is 7.93. The second-order valence-electron chi connectivity index (χ2n) is 9.51. The van der Waals surface area contributed by atoms with Crippen LogP contribution in [0, 0.1) is 0 Å². The van der Waals surface area contributed by atoms with Gasteiger partial charge in [0.1, 0.15) is 6.61 Å². The zero-order valence-corrected chi connectivity index (χ0v) is 19.6. The second-order valence-corrected chi connectivity index (χ2v) is 11.6. The summed E-state index contributed by atoms with van der Waals surface area (Å²) in [7, 11) is -3.74. The van der Waals surface area contributed by atoms with Crippen molar-refractivity contribution in [1.82, 2.24) is 5.32 Å². The molecular formula is C23H28BNO6S. The summed E-state index contributed by atoms with van der Waals surface area (Å²) in [6.45, 7) is 8.05. The number of carbonyl (C=O) groups is 1. The van der Waals surface area contributed by atoms with E-state index in [0.29, 0.717) is 5.56 Å². The van der Waals surface area contributed by atoms with Gasteiger partial charge in [0.05, 0.1) is 28.2 Å². The van der Waals surface area contributed by atoms with Crippen LogP contribution in [0.2, 0.25) is 0 Å². The minimum Gasteiger partial charge on any atom is -0.445 e. The lowest BCUT2D eigenvalue weighted by Gasteiger charge is -2.41. The molecule has 2 saturated heterocycles. The van der Waals surface area contributed by atoms with Gasteiger partial charge < -0.3 is 19.4 Å². The molecule has 0 saturated carbocycles. The fourth-order valence-electron chi connectivity index (χ4n) is 3.91. The van der Waals surface area contributed by atoms with Gasteiger partial charge in [-0.25, -0.2) is 13.2 Å². The highest BCUT2D eigenvalue weighted by Gasteiger charge is 2.53. The van der Waals surface area contributed by atoms with Crippen LogP contribution in [-0.2, 0) is 36.0 Å². The van der Waals surface area contributed by atoms with Crippen LogP contribution in [0.25, 0.3) is 0 Å². The Balaban J connectivity index is 1.48. The number of sulfone groups is 1. The normalized spacial score (nSPS) is 22.1. The maximum atomic E-state index is 12.5. The van der Waals surface area contributed by atoms with Gasteiger partial charge in [-0.2, -0.15) is 0 Å². The topological polar surface area (TPSA) is 90.9 Å². The molecule has 1 N–H and O–H groups in total. The average Bonchev–Trinajstić information content (AvgIpc) is 2.93. The summed E-state index contributed by atoms with van der Waals surface area (Å²) in [4.78, 5) is 12.5. The molecule has 9 heteroatoms. The number of ether oxygens (including phenoxy) is 1. The van der Waals surface area contributed by atoms with E-state index < -0.39 is 39.8 Å². The Morgan fingerprint density at radius 2 is 1.53 bits per heavy atom. The van der Waals surface area contributed by atoms with Crippen molar-refractivity contribution in [2.75, 3.05) is 11.5 Å². The van der Waals surface area contributed by atoms with Gasteiger partial charge in [-0.3, -0.25) is 0 Å². The maximum absolute atomic E-state index is 12.5. The number of amides is 1. The van der Waals surface area contributed by atoms with Crippen LogP contribution in [0.4, 0.5) is 4.79 Å². The van der Waals surface area contributed by atoms with Crippen molar-refractivity contribution >= 4 is 28.5 Å². The first-order chi connectivity index (χ1) is 14.9. The molecule has 0 bridgehead atoms. The average molecular weight is 457 g/mol. The maximum Gasteiger partial charge on any atom is 0.494 e. The molecule has 2 aliphatic rings. The van der Waals surface area contributed by atoms with Gasteiger partial charge in [0, 0.05) is 0 Å². The van der Waals surface area contributed by atoms with Crippen molar-refractivity contribution in [2.24, 2.45) is 0 Å². The lowest BCUT2D eigenvalue weighted by molar-refractivity contribution is 0.00578. The molecule has 0 unspecified atom stereocenters. The van der Waals surface area contributed by atoms with Gasteiger partial charge in [0.15, 0.2) is 9.84 Å². The Bertz CT molecular complexity index is 1070. The van der Waals surface area contributed by atoms with Crippen molar-refractivity contribution < 1.29 is 27.3 Å². The number of hydrogen-bond donors (Lipinski definition) is 1. The summed E-state index contributed by atoms with van der Waals surface area (Å²) < 4.78 is 41.5. The fourth-order valence-corrected chi connectivity index (χ4v) is 5.81. The Morgan fingerprint density at radius 3 is 2.06 bits per heavy atom. The fraction of sp³-hybridized carbons (Fsp3) is 0.435. The third kappa shape index (κ3) is 4.42. The minimum absolute atomic E-state index is 0.108. The Morgan fingerprint density at radius 1 is 0.969 bits per heavy atom. The van der Waals surface area contributed by atoms with Crippen LogP contribution >= 0.6 is 0 Å². The number of nitrogens with one attached hydrogen (secondary N) is 1. The number of benzene rings is 2. The smallest absolute Gasteiger partial charge is 0.445 e. The summed E-state index contributed by atoms with van der Waals surface area (Å²) in [5.41, 5.74) is 0.458. The summed E-state index contributed by atoms with van der Waals surface area (Å²) in [6, 6.07) is 16.6. The molecule has 0 aromatic heterocycles. The van der Waals surface area contributed by atoms with E-state index in [1.165, 1.54) is 0 Å². The van der Waals surface area contributed by atoms with E-state index in [2.05, 4.69) is 5.32 Å². The van der Waals surface area contributed by atoms with Gasteiger partial charge in [0.2, 0.25) is 0 Å². The number of hydrogen-bond acceptors (Lipinski definition) is 6. The molecule has 2 fully saturated rings. The third-order valence-corrected chi connectivity index (χ3v) is 8.34. The van der Waals surface area contributed by atoms with Gasteiger partial charge in [-0.15, -0.1) is 0 Å². The van der Waals surface area contributed by atoms with Crippen LogP contribution in [0.5, 0.6) is 0 Å². The van der Waals surface area contributed by atoms with Crippen molar-refractivity contribution in [2.45, 2.75) is 51.0 Å². The van der Waals surface area contributed by atoms with Crippen LogP contribution in [0.3, 0.4) is 0 Å². The van der Waals surface area contributed by atoms with Crippen molar-refractivity contribution in [3.8, 4) is 0 Å². The lowest BCUT2D eigenvalue weighted by Crippen LogP contribution is -2.62. The van der Waals surface area contributed by atoms with E-state index in [1.807, 2.05) is 82.3 Å². The Hall–Kier alpha value is -2.36. The second kappa shape index (κ2) is 7.90. The summed E-state index contributed by atoms with van der Waals surface area (Å²) in [5.74, 6) is -0.341. The standard InChI is InChI=1S/C23H28BNO6S/c1-21(2)22(3,4)31-24(30-21)19-12-10-18(11-13-19)23(15-32(27,28)16-23)25-20(26)29-14-17-8-6-5-7-9-17/h5-13H,14-16H2,1-4H3,(H,25,26). The molecule has 2 heterocycles. The van der Waals surface area contributed by atoms with E-state index in [1.54, 1.807) is 0 Å². The highest BCUT2D eigenvalue weighted by atomic mass is 32.2. The summed E-state index contributed by atoms with van der Waals surface area (Å²) in [6.07, 6.45) is -0.654. The van der Waals surface area contributed by atoms with E-state index in [4.69, 9.17) is 14.0 Å². The molecule has 0 atom stereocenters. The van der Waals surface area contributed by atoms with E-state index >= 15 is 0 Å². The van der Waals surface area contributed by atoms with Crippen LogP contribution in [0.1, 0.15) is 38.8 Å². The van der Waals surface area contributed by atoms with Gasteiger partial charge >= 0.3 is 13.2 Å². The van der Waals surface area contributed by atoms with Crippen LogP contribution in [-0.4, -0.2) is 44.3 Å². The molecule has 2 aromatic carbocycles. The monoisotopic (exact) mass is 457 g/mol. The molecule has 170 valence electrons. The summed E-state index contributed by atoms with van der Waals surface area (Å²) >= 11 is 0. The highest BCUT2D eigenvalue weighted by Crippen LogP contribution is 2.37. The Labute approximate surface area is 189 Å². The molecule has 7 nitrogen and oxygen atoms in total. The molecule has 2 aromatic rings. The molecule has 0 spiro atoms. The van der Waals surface area contributed by atoms with Crippen LogP contribution in [0.15, 0.2) is 54.6 Å². The van der Waals surface area contributed by atoms with E-state index in [9.17, 15) is 13.2 Å². The molecule has 2 aliphatic heterocycles. The van der Waals surface area contributed by atoms with Crippen LogP contribution < -0.4 is 10.8 Å². The number of rotatable bonds is 5. The SMILES string of the molecule is CC1(C)OB(c2ccc(C3(NC(=O)OCc4ccccc4)CS(=O)(=O)C3)cc2)OC1(C)C. The minimum atomic E-state index is -3.23. The molecule has 0 radical (unpaired) electrons. The van der Waals surface area contributed by atoms with Gasteiger partial charge in [-0.1, -0.05) is 54.6 Å². The molecular weight excluding hydrogens is 429 g/mol. The molecule has 1 amide bonds. The van der Waals surface area contributed by atoms with E-state index in [-0.39, 0.29) is 18.1 Å². The summed E-state index contributed by atoms with van der Waals surface area (Å²) in [5, 5.41) is 2.78. The van der Waals surface area contributed by atoms with Gasteiger partial charge in [0.25, 0.3) is 0 Å². The quantitative estimate of drug-likeness (QED) is 0.695. The largest absolute Gasteiger partial charge is 0.494 e. The first-order valence-electron chi connectivity index (χ1n) is 10.6. The van der Waals surface area contributed by atoms with Crippen molar-refractivity contribution in [3.63, 3.8) is 0 Å². The van der Waals surface area contributed by atoms with Crippen molar-refractivity contribution in [1.29, 1.82) is 0 Å². The first kappa shape index (κ1) is 22.8. The Kier molecular flexibility index (Phi) is 5.63. The first-order valence-corrected chi connectivity index (χ1v) is 12.4. The number of alkyl carbamates (subject to hydrolysis) is 1. The van der Waals surface area contributed by atoms with E-state index in [0.717, 1.165) is 11.0 Å². The predicted octanol–water partition coefficient (Wildman–Crippen LogP) is 2.54. The molecule has 0 aliphatic carbocycles. The lowest BCUT2D eigenvalue weighted by atomic mass is 9.77. The molecule has 4 rings (SSSR count). The zero-order valence-electron chi connectivity index (χ0n) is 18.8. The third-order valence-electron chi connectivity index (χ3n) is 6.48. The molecule has 32 heavy (non-hydrogen) atoms. The van der Waals surface area contributed by atoms with Crippen molar-refractivity contribution in [3.05, 3.63) is 65.7 Å². The predicted molar refractivity (Wildman–Crippen MR) is 122 cm³/mol. The number of carbonyl (C=O) groups excluding carboxylic acids is 1.